The molecule has 96 valence electrons. The van der Waals surface area contributed by atoms with Gasteiger partial charge in [-0.3, -0.25) is 9.69 Å². The van der Waals surface area contributed by atoms with Crippen LogP contribution in [-0.2, 0) is 4.79 Å². The van der Waals surface area contributed by atoms with Crippen molar-refractivity contribution in [3.8, 4) is 5.75 Å². The van der Waals surface area contributed by atoms with Crippen molar-refractivity contribution in [2.75, 3.05) is 17.7 Å². The number of aromatic nitrogens is 1. The number of likely N-dealkylation sites (N-methyl/N-ethyl adjacent to an activating group) is 1. The van der Waals surface area contributed by atoms with Crippen LogP contribution in [0.4, 0.5) is 11.5 Å². The first-order valence-corrected chi connectivity index (χ1v) is 5.91. The van der Waals surface area contributed by atoms with Crippen LogP contribution in [-0.4, -0.2) is 17.9 Å². The molecule has 0 saturated heterocycles. The van der Waals surface area contributed by atoms with Gasteiger partial charge in [-0.1, -0.05) is 12.1 Å². The van der Waals surface area contributed by atoms with Crippen LogP contribution in [0.3, 0.4) is 0 Å². The Bertz CT molecular complexity index is 625. The lowest BCUT2D eigenvalue weighted by molar-refractivity contribution is -0.126. The molecular formula is C14H13N3O2. The third-order valence-corrected chi connectivity index (χ3v) is 3.11. The van der Waals surface area contributed by atoms with Crippen molar-refractivity contribution in [2.45, 2.75) is 6.10 Å². The molecule has 1 aromatic carbocycles. The summed E-state index contributed by atoms with van der Waals surface area (Å²) in [5.41, 5.74) is 7.08. The van der Waals surface area contributed by atoms with Gasteiger partial charge in [-0.2, -0.15) is 0 Å². The van der Waals surface area contributed by atoms with Crippen LogP contribution < -0.4 is 15.4 Å². The lowest BCUT2D eigenvalue weighted by atomic mass is 10.1. The van der Waals surface area contributed by atoms with Gasteiger partial charge in [0.15, 0.2) is 11.6 Å². The third-order valence-electron chi connectivity index (χ3n) is 3.11. The Kier molecular flexibility index (Phi) is 2.59. The Morgan fingerprint density at radius 3 is 2.74 bits per heavy atom. The maximum Gasteiger partial charge on any atom is 0.273 e. The van der Waals surface area contributed by atoms with Gasteiger partial charge >= 0.3 is 0 Å². The van der Waals surface area contributed by atoms with Crippen LogP contribution in [0.2, 0.25) is 0 Å². The van der Waals surface area contributed by atoms with E-state index in [1.165, 1.54) is 4.90 Å². The lowest BCUT2D eigenvalue weighted by Gasteiger charge is -2.30. The quantitative estimate of drug-likeness (QED) is 0.788. The normalized spacial score (nSPS) is 17.8. The van der Waals surface area contributed by atoms with E-state index in [2.05, 4.69) is 4.98 Å². The SMILES string of the molecule is CN1C(=O)C(c2ccc(N)cc2)Oc2cccnc21. The lowest BCUT2D eigenvalue weighted by Crippen LogP contribution is -2.38. The molecule has 1 aliphatic heterocycles. The number of nitrogens with two attached hydrogens (primary N) is 1. The summed E-state index contributed by atoms with van der Waals surface area (Å²) >= 11 is 0. The third kappa shape index (κ3) is 1.89. The van der Waals surface area contributed by atoms with Gasteiger partial charge in [0, 0.05) is 24.5 Å². The molecule has 3 rings (SSSR count). The minimum Gasteiger partial charge on any atom is -0.472 e. The molecule has 2 N–H and O–H groups in total. The number of hydrogen-bond donors (Lipinski definition) is 1. The van der Waals surface area contributed by atoms with E-state index in [-0.39, 0.29) is 5.91 Å². The van der Waals surface area contributed by atoms with E-state index in [9.17, 15) is 4.79 Å². The maximum atomic E-state index is 12.3. The van der Waals surface area contributed by atoms with E-state index in [1.807, 2.05) is 0 Å². The fraction of sp³-hybridized carbons (Fsp3) is 0.143. The monoisotopic (exact) mass is 255 g/mol. The second kappa shape index (κ2) is 4.28. The van der Waals surface area contributed by atoms with E-state index in [4.69, 9.17) is 10.5 Å². The molecule has 0 aliphatic carbocycles. The summed E-state index contributed by atoms with van der Waals surface area (Å²) in [4.78, 5) is 18.0. The van der Waals surface area contributed by atoms with Crippen molar-refractivity contribution < 1.29 is 9.53 Å². The highest BCUT2D eigenvalue weighted by Gasteiger charge is 2.34. The number of nitrogen functional groups attached to an aromatic ring is 1. The number of rotatable bonds is 1. The molecule has 1 aromatic heterocycles. The average Bonchev–Trinajstić information content (AvgIpc) is 2.44. The largest absolute Gasteiger partial charge is 0.472 e. The molecule has 2 aromatic rings. The first-order chi connectivity index (χ1) is 9.16. The van der Waals surface area contributed by atoms with Gasteiger partial charge in [-0.05, 0) is 24.3 Å². The van der Waals surface area contributed by atoms with Gasteiger partial charge in [-0.15, -0.1) is 0 Å². The highest BCUT2D eigenvalue weighted by molar-refractivity contribution is 5.99. The predicted octanol–water partition coefficient (Wildman–Crippen LogP) is 1.76. The standard InChI is InChI=1S/C14H13N3O2/c1-17-13-11(3-2-8-16-13)19-12(14(17)18)9-4-6-10(15)7-5-9/h2-8,12H,15H2,1H3. The number of nitrogens with zero attached hydrogens (tertiary/aromatic N) is 2. The van der Waals surface area contributed by atoms with Crippen molar-refractivity contribution in [3.05, 3.63) is 48.2 Å². The minimum absolute atomic E-state index is 0.143. The van der Waals surface area contributed by atoms with E-state index in [1.54, 1.807) is 49.6 Å². The second-order valence-corrected chi connectivity index (χ2v) is 4.39. The molecule has 5 nitrogen and oxygen atoms in total. The summed E-state index contributed by atoms with van der Waals surface area (Å²) in [6, 6.07) is 10.7. The topological polar surface area (TPSA) is 68.5 Å². The molecule has 2 heterocycles. The fourth-order valence-corrected chi connectivity index (χ4v) is 2.07. The van der Waals surface area contributed by atoms with Crippen molar-refractivity contribution >= 4 is 17.4 Å². The number of anilines is 2. The number of hydrogen-bond acceptors (Lipinski definition) is 4. The predicted molar refractivity (Wildman–Crippen MR) is 71.9 cm³/mol. The first kappa shape index (κ1) is 11.5. The summed E-state index contributed by atoms with van der Waals surface area (Å²) in [5.74, 6) is 1.00. The van der Waals surface area contributed by atoms with Gasteiger partial charge in [0.2, 0.25) is 6.10 Å². The number of fused-ring (bicyclic) bond motifs is 1. The number of ether oxygens (including phenoxy) is 1. The van der Waals surface area contributed by atoms with E-state index in [0.29, 0.717) is 17.3 Å². The van der Waals surface area contributed by atoms with Gasteiger partial charge in [-0.25, -0.2) is 4.98 Å². The van der Waals surface area contributed by atoms with Crippen LogP contribution in [0, 0.1) is 0 Å². The maximum absolute atomic E-state index is 12.3. The molecule has 1 aliphatic rings. The van der Waals surface area contributed by atoms with Crippen LogP contribution in [0.25, 0.3) is 0 Å². The number of carbonyl (C=O) groups is 1. The average molecular weight is 255 g/mol. The summed E-state index contributed by atoms with van der Waals surface area (Å²) in [5, 5.41) is 0. The zero-order valence-electron chi connectivity index (χ0n) is 10.4. The number of pyridine rings is 1. The van der Waals surface area contributed by atoms with E-state index >= 15 is 0 Å². The molecule has 1 unspecified atom stereocenters. The summed E-state index contributed by atoms with van der Waals surface area (Å²) in [6.45, 7) is 0. The zero-order valence-corrected chi connectivity index (χ0v) is 10.4. The van der Waals surface area contributed by atoms with Crippen molar-refractivity contribution in [3.63, 3.8) is 0 Å². The molecule has 1 amide bonds. The molecule has 0 fully saturated rings. The zero-order chi connectivity index (χ0) is 13.4. The van der Waals surface area contributed by atoms with Gasteiger partial charge in [0.05, 0.1) is 0 Å². The number of amides is 1. The number of carbonyl (C=O) groups excluding carboxylic acids is 1. The Balaban J connectivity index is 2.01. The highest BCUT2D eigenvalue weighted by atomic mass is 16.5. The first-order valence-electron chi connectivity index (χ1n) is 5.91. The fourth-order valence-electron chi connectivity index (χ4n) is 2.07. The Morgan fingerprint density at radius 2 is 2.00 bits per heavy atom. The molecule has 5 heteroatoms. The second-order valence-electron chi connectivity index (χ2n) is 4.39. The van der Waals surface area contributed by atoms with E-state index in [0.717, 1.165) is 5.56 Å². The van der Waals surface area contributed by atoms with Gasteiger partial charge in [0.25, 0.3) is 5.91 Å². The van der Waals surface area contributed by atoms with E-state index < -0.39 is 6.10 Å². The molecule has 19 heavy (non-hydrogen) atoms. The molecule has 0 spiro atoms. The van der Waals surface area contributed by atoms with Crippen LogP contribution in [0.5, 0.6) is 5.75 Å². The molecule has 1 atom stereocenters. The Labute approximate surface area is 110 Å². The summed E-state index contributed by atoms with van der Waals surface area (Å²) in [6.07, 6.45) is 0.984. The van der Waals surface area contributed by atoms with Crippen molar-refractivity contribution in [1.29, 1.82) is 0 Å². The van der Waals surface area contributed by atoms with Gasteiger partial charge < -0.3 is 10.5 Å². The smallest absolute Gasteiger partial charge is 0.273 e. The summed E-state index contributed by atoms with van der Waals surface area (Å²) in [7, 11) is 1.70. The Hall–Kier alpha value is -2.56. The van der Waals surface area contributed by atoms with Gasteiger partial charge in [0.1, 0.15) is 0 Å². The van der Waals surface area contributed by atoms with Crippen LogP contribution >= 0.6 is 0 Å². The highest BCUT2D eigenvalue weighted by Crippen LogP contribution is 2.36. The van der Waals surface area contributed by atoms with Crippen molar-refractivity contribution in [1.82, 2.24) is 4.98 Å². The number of benzene rings is 1. The molecule has 0 saturated carbocycles. The minimum atomic E-state index is -0.651. The molecule has 0 radical (unpaired) electrons. The Morgan fingerprint density at radius 1 is 1.26 bits per heavy atom. The van der Waals surface area contributed by atoms with Crippen LogP contribution in [0.1, 0.15) is 11.7 Å². The van der Waals surface area contributed by atoms with Crippen LogP contribution in [0.15, 0.2) is 42.6 Å². The summed E-state index contributed by atoms with van der Waals surface area (Å²) < 4.78 is 5.75. The van der Waals surface area contributed by atoms with Crippen molar-refractivity contribution in [2.24, 2.45) is 0 Å². The molecule has 0 bridgehead atoms. The molecular weight excluding hydrogens is 242 g/mol.